The summed E-state index contributed by atoms with van der Waals surface area (Å²) in [7, 11) is 0. The van der Waals surface area contributed by atoms with Crippen LogP contribution < -0.4 is 0 Å². The maximum atomic E-state index is 12.6. The first kappa shape index (κ1) is 17.0. The quantitative estimate of drug-likeness (QED) is 0.592. The predicted octanol–water partition coefficient (Wildman–Crippen LogP) is 4.26. The summed E-state index contributed by atoms with van der Waals surface area (Å²) < 4.78 is 2.17. The summed E-state index contributed by atoms with van der Waals surface area (Å²) in [5.74, 6) is 0.577. The van der Waals surface area contributed by atoms with Gasteiger partial charge in [-0.25, -0.2) is 4.98 Å². The monoisotopic (exact) mass is 359 g/mol. The highest BCUT2D eigenvalue weighted by Crippen LogP contribution is 2.24. The molecule has 0 bridgehead atoms. The highest BCUT2D eigenvalue weighted by Gasteiger charge is 2.16. The summed E-state index contributed by atoms with van der Waals surface area (Å²) in [4.78, 5) is 20.4. The molecule has 0 fully saturated rings. The van der Waals surface area contributed by atoms with Crippen LogP contribution in [0.25, 0.3) is 11.0 Å². The molecule has 0 saturated carbocycles. The van der Waals surface area contributed by atoms with Crippen molar-refractivity contribution < 1.29 is 4.79 Å². The van der Waals surface area contributed by atoms with Crippen LogP contribution in [0.15, 0.2) is 46.9 Å². The number of carbonyl (C=O) groups is 1. The smallest absolute Gasteiger partial charge is 0.233 e. The van der Waals surface area contributed by atoms with Crippen molar-refractivity contribution in [1.82, 2.24) is 14.5 Å². The van der Waals surface area contributed by atoms with Crippen molar-refractivity contribution in [2.45, 2.75) is 32.1 Å². The van der Waals surface area contributed by atoms with E-state index in [4.69, 9.17) is 0 Å². The molecule has 0 atom stereocenters. The van der Waals surface area contributed by atoms with Gasteiger partial charge in [-0.1, -0.05) is 30.0 Å². The first-order valence-corrected chi connectivity index (χ1v) is 9.97. The molecule has 0 aliphatic carbocycles. The van der Waals surface area contributed by atoms with Gasteiger partial charge in [0.15, 0.2) is 5.16 Å². The molecule has 0 spiro atoms. The van der Waals surface area contributed by atoms with Gasteiger partial charge in [0.05, 0.1) is 23.3 Å². The van der Waals surface area contributed by atoms with Gasteiger partial charge in [-0.05, 0) is 37.4 Å². The lowest BCUT2D eigenvalue weighted by Crippen LogP contribution is -2.31. The molecule has 126 valence electrons. The minimum Gasteiger partial charge on any atom is -0.337 e. The molecule has 0 N–H and O–H groups in total. The Morgan fingerprint density at radius 2 is 2.08 bits per heavy atom. The van der Waals surface area contributed by atoms with Gasteiger partial charge < -0.3 is 9.47 Å². The molecule has 0 unspecified atom stereocenters. The molecule has 0 saturated heterocycles. The fourth-order valence-corrected chi connectivity index (χ4v) is 4.35. The summed E-state index contributed by atoms with van der Waals surface area (Å²) in [6.45, 7) is 6.40. The molecule has 3 rings (SSSR count). The molecule has 1 amide bonds. The number of hydrogen-bond acceptors (Lipinski definition) is 4. The predicted molar refractivity (Wildman–Crippen MR) is 102 cm³/mol. The fraction of sp³-hybridized carbons (Fsp3) is 0.333. The lowest BCUT2D eigenvalue weighted by atomic mass is 10.3. The van der Waals surface area contributed by atoms with E-state index in [-0.39, 0.29) is 5.91 Å². The minimum absolute atomic E-state index is 0.158. The highest BCUT2D eigenvalue weighted by atomic mass is 32.2. The number of thioether (sulfide) groups is 1. The van der Waals surface area contributed by atoms with Crippen molar-refractivity contribution in [3.05, 3.63) is 46.7 Å². The Bertz CT molecular complexity index is 811. The number of benzene rings is 1. The van der Waals surface area contributed by atoms with Gasteiger partial charge in [0, 0.05) is 18.0 Å². The Morgan fingerprint density at radius 3 is 2.79 bits per heavy atom. The first-order chi connectivity index (χ1) is 11.7. The zero-order chi connectivity index (χ0) is 16.9. The van der Waals surface area contributed by atoms with E-state index in [1.807, 2.05) is 41.5 Å². The summed E-state index contributed by atoms with van der Waals surface area (Å²) in [5.41, 5.74) is 2.11. The number of aryl methyl sites for hydroxylation is 1. The second kappa shape index (κ2) is 7.85. The van der Waals surface area contributed by atoms with Gasteiger partial charge in [-0.3, -0.25) is 4.79 Å². The molecule has 0 aliphatic rings. The zero-order valence-electron chi connectivity index (χ0n) is 13.9. The highest BCUT2D eigenvalue weighted by molar-refractivity contribution is 7.99. The van der Waals surface area contributed by atoms with Gasteiger partial charge >= 0.3 is 0 Å². The largest absolute Gasteiger partial charge is 0.337 e. The van der Waals surface area contributed by atoms with Crippen LogP contribution in [0.5, 0.6) is 0 Å². The first-order valence-electron chi connectivity index (χ1n) is 8.11. The van der Waals surface area contributed by atoms with E-state index in [9.17, 15) is 4.79 Å². The zero-order valence-corrected chi connectivity index (χ0v) is 15.6. The molecule has 0 radical (unpaired) electrons. The van der Waals surface area contributed by atoms with Crippen LogP contribution in [0, 0.1) is 0 Å². The van der Waals surface area contributed by atoms with Gasteiger partial charge in [0.2, 0.25) is 5.91 Å². The van der Waals surface area contributed by atoms with Crippen LogP contribution in [-0.2, 0) is 17.9 Å². The lowest BCUT2D eigenvalue weighted by molar-refractivity contribution is -0.128. The molecule has 2 heterocycles. The maximum Gasteiger partial charge on any atom is 0.233 e. The van der Waals surface area contributed by atoms with Crippen LogP contribution >= 0.6 is 23.1 Å². The molecule has 2 aromatic heterocycles. The van der Waals surface area contributed by atoms with Crippen LogP contribution in [0.1, 0.15) is 18.7 Å². The number of imidazole rings is 1. The minimum atomic E-state index is 0.158. The number of aromatic nitrogens is 2. The third-order valence-corrected chi connectivity index (χ3v) is 5.74. The van der Waals surface area contributed by atoms with E-state index in [0.29, 0.717) is 12.3 Å². The van der Waals surface area contributed by atoms with Crippen LogP contribution in [0.4, 0.5) is 0 Å². The number of para-hydroxylation sites is 2. The normalized spacial score (nSPS) is 11.1. The van der Waals surface area contributed by atoms with E-state index in [0.717, 1.165) is 29.3 Å². The Balaban J connectivity index is 1.69. The molecule has 1 aromatic carbocycles. The number of thiophene rings is 1. The van der Waals surface area contributed by atoms with E-state index >= 15 is 0 Å². The van der Waals surface area contributed by atoms with Crippen molar-refractivity contribution in [3.8, 4) is 0 Å². The Morgan fingerprint density at radius 1 is 1.25 bits per heavy atom. The third kappa shape index (κ3) is 3.65. The van der Waals surface area contributed by atoms with E-state index in [1.54, 1.807) is 11.3 Å². The molecular formula is C18H21N3OS2. The Hall–Kier alpha value is -1.79. The van der Waals surface area contributed by atoms with Gasteiger partial charge in [-0.15, -0.1) is 11.3 Å². The second-order valence-electron chi connectivity index (χ2n) is 5.40. The number of rotatable bonds is 7. The number of amides is 1. The summed E-state index contributed by atoms with van der Waals surface area (Å²) in [6.07, 6.45) is 0. The molecule has 6 heteroatoms. The summed E-state index contributed by atoms with van der Waals surface area (Å²) in [5, 5.41) is 2.96. The molecule has 4 nitrogen and oxygen atoms in total. The van der Waals surface area contributed by atoms with Gasteiger partial charge in [-0.2, -0.15) is 0 Å². The molecule has 24 heavy (non-hydrogen) atoms. The average Bonchev–Trinajstić information content (AvgIpc) is 3.24. The van der Waals surface area contributed by atoms with Crippen molar-refractivity contribution >= 4 is 40.0 Å². The fourth-order valence-electron chi connectivity index (χ4n) is 2.65. The Kier molecular flexibility index (Phi) is 5.58. The number of hydrogen-bond donors (Lipinski definition) is 0. The topological polar surface area (TPSA) is 38.1 Å². The van der Waals surface area contributed by atoms with E-state index < -0.39 is 0 Å². The van der Waals surface area contributed by atoms with Crippen molar-refractivity contribution in [2.24, 2.45) is 0 Å². The van der Waals surface area contributed by atoms with Crippen LogP contribution in [0.3, 0.4) is 0 Å². The second-order valence-corrected chi connectivity index (χ2v) is 7.38. The standard InChI is InChI=1S/C18H21N3OS2/c1-3-20(12-14-8-7-11-23-14)17(22)13-24-18-19-15-9-5-6-10-16(15)21(18)4-2/h5-11H,3-4,12-13H2,1-2H3. The summed E-state index contributed by atoms with van der Waals surface area (Å²) in [6, 6.07) is 12.2. The van der Waals surface area contributed by atoms with E-state index in [1.165, 1.54) is 16.6 Å². The van der Waals surface area contributed by atoms with Gasteiger partial charge in [0.1, 0.15) is 0 Å². The number of carbonyl (C=O) groups excluding carboxylic acids is 1. The Labute approximate surface area is 150 Å². The van der Waals surface area contributed by atoms with Crippen molar-refractivity contribution in [1.29, 1.82) is 0 Å². The number of fused-ring (bicyclic) bond motifs is 1. The SMILES string of the molecule is CCN(Cc1cccs1)C(=O)CSc1nc2ccccc2n1CC. The van der Waals surface area contributed by atoms with Crippen LogP contribution in [-0.4, -0.2) is 32.7 Å². The molecule has 0 aliphatic heterocycles. The van der Waals surface area contributed by atoms with Crippen molar-refractivity contribution in [3.63, 3.8) is 0 Å². The third-order valence-electron chi connectivity index (χ3n) is 3.92. The maximum absolute atomic E-state index is 12.6. The van der Waals surface area contributed by atoms with E-state index in [2.05, 4.69) is 28.6 Å². The van der Waals surface area contributed by atoms with Gasteiger partial charge in [0.25, 0.3) is 0 Å². The van der Waals surface area contributed by atoms with Crippen molar-refractivity contribution in [2.75, 3.05) is 12.3 Å². The number of nitrogens with zero attached hydrogens (tertiary/aromatic N) is 3. The average molecular weight is 360 g/mol. The summed E-state index contributed by atoms with van der Waals surface area (Å²) >= 11 is 3.22. The molecule has 3 aromatic rings. The van der Waals surface area contributed by atoms with Crippen LogP contribution in [0.2, 0.25) is 0 Å². The lowest BCUT2D eigenvalue weighted by Gasteiger charge is -2.19. The molecular weight excluding hydrogens is 338 g/mol.